The van der Waals surface area contributed by atoms with E-state index in [0.29, 0.717) is 18.0 Å². The van der Waals surface area contributed by atoms with Crippen LogP contribution in [0.2, 0.25) is 0 Å². The Kier molecular flexibility index (Phi) is 4.07. The second-order valence-corrected chi connectivity index (χ2v) is 6.19. The summed E-state index contributed by atoms with van der Waals surface area (Å²) in [5.74, 6) is 0.495. The summed E-state index contributed by atoms with van der Waals surface area (Å²) in [6, 6.07) is 7.85. The number of hydrogen-bond acceptors (Lipinski definition) is 3. The highest BCUT2D eigenvalue weighted by molar-refractivity contribution is 9.10. The number of aromatic nitrogens is 2. The predicted octanol–water partition coefficient (Wildman–Crippen LogP) is 1.89. The average Bonchev–Trinajstić information content (AvgIpc) is 2.78. The molecule has 21 heavy (non-hydrogen) atoms. The highest BCUT2D eigenvalue weighted by Gasteiger charge is 2.19. The first-order valence-corrected chi connectivity index (χ1v) is 7.74. The minimum absolute atomic E-state index is 0.0550. The summed E-state index contributed by atoms with van der Waals surface area (Å²) in [6.07, 6.45) is 1.63. The van der Waals surface area contributed by atoms with E-state index in [9.17, 15) is 4.79 Å². The van der Waals surface area contributed by atoms with Crippen LogP contribution in [0.3, 0.4) is 0 Å². The van der Waals surface area contributed by atoms with Crippen LogP contribution in [0.1, 0.15) is 16.1 Å². The summed E-state index contributed by atoms with van der Waals surface area (Å²) in [4.78, 5) is 12.2. The zero-order chi connectivity index (χ0) is 14.8. The molecule has 3 rings (SSSR count). The van der Waals surface area contributed by atoms with Crippen molar-refractivity contribution in [2.75, 3.05) is 19.6 Å². The molecule has 1 saturated heterocycles. The smallest absolute Gasteiger partial charge is 0.254 e. The van der Waals surface area contributed by atoms with Crippen LogP contribution in [0.4, 0.5) is 0 Å². The lowest BCUT2D eigenvalue weighted by Gasteiger charge is -2.27. The third-order valence-corrected chi connectivity index (χ3v) is 4.22. The van der Waals surface area contributed by atoms with Crippen LogP contribution in [0, 0.1) is 12.8 Å². The van der Waals surface area contributed by atoms with Crippen molar-refractivity contribution >= 4 is 21.8 Å². The topological polar surface area (TPSA) is 59.0 Å². The average molecular weight is 349 g/mol. The summed E-state index contributed by atoms with van der Waals surface area (Å²) < 4.78 is 2.77. The van der Waals surface area contributed by atoms with E-state index in [1.807, 2.05) is 31.2 Å². The number of nitrogens with zero attached hydrogens (tertiary/aromatic N) is 2. The second-order valence-electron chi connectivity index (χ2n) is 5.27. The molecule has 0 spiro atoms. The maximum Gasteiger partial charge on any atom is 0.254 e. The molecule has 1 aromatic heterocycles. The second kappa shape index (κ2) is 5.99. The Balaban J connectivity index is 1.76. The number of carbonyl (C=O) groups is 1. The van der Waals surface area contributed by atoms with Crippen molar-refractivity contribution in [1.82, 2.24) is 20.4 Å². The van der Waals surface area contributed by atoms with Crippen molar-refractivity contribution in [1.29, 1.82) is 0 Å². The summed E-state index contributed by atoms with van der Waals surface area (Å²) >= 11 is 3.45. The first-order valence-electron chi connectivity index (χ1n) is 6.94. The van der Waals surface area contributed by atoms with E-state index in [2.05, 4.69) is 31.7 Å². The summed E-state index contributed by atoms with van der Waals surface area (Å²) in [7, 11) is 0. The maximum absolute atomic E-state index is 12.2. The Morgan fingerprint density at radius 2 is 2.33 bits per heavy atom. The van der Waals surface area contributed by atoms with Crippen molar-refractivity contribution in [2.24, 2.45) is 5.92 Å². The summed E-state index contributed by atoms with van der Waals surface area (Å²) in [6.45, 7) is 4.59. The molecule has 0 unspecified atom stereocenters. The van der Waals surface area contributed by atoms with Gasteiger partial charge in [0.05, 0.1) is 23.1 Å². The highest BCUT2D eigenvalue weighted by Crippen LogP contribution is 2.18. The molecule has 1 aliphatic rings. The first kappa shape index (κ1) is 14.3. The quantitative estimate of drug-likeness (QED) is 0.886. The first-order chi connectivity index (χ1) is 10.1. The predicted molar refractivity (Wildman–Crippen MR) is 84.7 cm³/mol. The lowest BCUT2D eigenvalue weighted by Crippen LogP contribution is -2.48. The molecule has 110 valence electrons. The van der Waals surface area contributed by atoms with Gasteiger partial charge in [0.1, 0.15) is 0 Å². The van der Waals surface area contributed by atoms with Gasteiger partial charge in [-0.25, -0.2) is 4.68 Å². The van der Waals surface area contributed by atoms with Crippen molar-refractivity contribution < 1.29 is 4.79 Å². The van der Waals surface area contributed by atoms with Gasteiger partial charge in [-0.3, -0.25) is 4.79 Å². The molecule has 1 aromatic carbocycles. The number of benzene rings is 1. The third kappa shape index (κ3) is 3.01. The Bertz CT molecular complexity index is 663. The van der Waals surface area contributed by atoms with Crippen molar-refractivity contribution in [2.45, 2.75) is 6.92 Å². The lowest BCUT2D eigenvalue weighted by molar-refractivity contribution is 0.0941. The number of amides is 1. The van der Waals surface area contributed by atoms with Gasteiger partial charge in [-0.15, -0.1) is 0 Å². The molecule has 1 aliphatic heterocycles. The molecule has 0 radical (unpaired) electrons. The van der Waals surface area contributed by atoms with Gasteiger partial charge in [-0.1, -0.05) is 22.0 Å². The largest absolute Gasteiger partial charge is 0.352 e. The van der Waals surface area contributed by atoms with E-state index in [1.165, 1.54) is 0 Å². The van der Waals surface area contributed by atoms with Crippen LogP contribution in [0.25, 0.3) is 5.69 Å². The number of rotatable bonds is 4. The standard InChI is InChI=1S/C15H17BrN4O/c1-10-14(15(21)18-8-11-6-17-7-11)9-19-20(10)13-4-2-3-12(16)5-13/h2-5,9,11,17H,6-8H2,1H3,(H,18,21). The monoisotopic (exact) mass is 348 g/mol. The van der Waals surface area contributed by atoms with Crippen LogP contribution in [0.5, 0.6) is 0 Å². The van der Waals surface area contributed by atoms with E-state index < -0.39 is 0 Å². The third-order valence-electron chi connectivity index (χ3n) is 3.72. The Hall–Kier alpha value is -1.66. The molecule has 1 amide bonds. The Morgan fingerprint density at radius 1 is 1.52 bits per heavy atom. The van der Waals surface area contributed by atoms with Gasteiger partial charge in [-0.2, -0.15) is 5.10 Å². The number of carbonyl (C=O) groups excluding carboxylic acids is 1. The normalized spacial score (nSPS) is 14.8. The van der Waals surface area contributed by atoms with E-state index in [-0.39, 0.29) is 5.91 Å². The van der Waals surface area contributed by atoms with Gasteiger partial charge in [-0.05, 0) is 25.1 Å². The van der Waals surface area contributed by atoms with E-state index in [1.54, 1.807) is 10.9 Å². The van der Waals surface area contributed by atoms with Crippen LogP contribution < -0.4 is 10.6 Å². The fourth-order valence-corrected chi connectivity index (χ4v) is 2.71. The Morgan fingerprint density at radius 3 is 3.00 bits per heavy atom. The van der Waals surface area contributed by atoms with Crippen LogP contribution >= 0.6 is 15.9 Å². The number of halogens is 1. The molecule has 6 heteroatoms. The van der Waals surface area contributed by atoms with Gasteiger partial charge < -0.3 is 10.6 Å². The van der Waals surface area contributed by atoms with Crippen molar-refractivity contribution in [3.8, 4) is 5.69 Å². The molecular weight excluding hydrogens is 332 g/mol. The van der Waals surface area contributed by atoms with Gasteiger partial charge in [0.2, 0.25) is 0 Å². The Labute approximate surface area is 131 Å². The molecule has 2 aromatic rings. The molecule has 0 bridgehead atoms. The van der Waals surface area contributed by atoms with E-state index >= 15 is 0 Å². The lowest BCUT2D eigenvalue weighted by atomic mass is 10.0. The van der Waals surface area contributed by atoms with Gasteiger partial charge in [0, 0.05) is 30.0 Å². The van der Waals surface area contributed by atoms with E-state index in [0.717, 1.165) is 28.9 Å². The molecule has 1 fully saturated rings. The fourth-order valence-electron chi connectivity index (χ4n) is 2.33. The van der Waals surface area contributed by atoms with Gasteiger partial charge >= 0.3 is 0 Å². The summed E-state index contributed by atoms with van der Waals surface area (Å²) in [5.41, 5.74) is 2.41. The fraction of sp³-hybridized carbons (Fsp3) is 0.333. The molecular formula is C15H17BrN4O. The molecule has 2 N–H and O–H groups in total. The molecule has 0 aliphatic carbocycles. The molecule has 5 nitrogen and oxygen atoms in total. The number of hydrogen-bond donors (Lipinski definition) is 2. The van der Waals surface area contributed by atoms with Crippen LogP contribution in [0.15, 0.2) is 34.9 Å². The SMILES string of the molecule is Cc1c(C(=O)NCC2CNC2)cnn1-c1cccc(Br)c1. The minimum atomic E-state index is -0.0550. The molecule has 0 saturated carbocycles. The molecule has 0 atom stereocenters. The van der Waals surface area contributed by atoms with Gasteiger partial charge in [0.15, 0.2) is 0 Å². The summed E-state index contributed by atoms with van der Waals surface area (Å²) in [5, 5.41) is 10.5. The minimum Gasteiger partial charge on any atom is -0.352 e. The zero-order valence-electron chi connectivity index (χ0n) is 11.8. The van der Waals surface area contributed by atoms with E-state index in [4.69, 9.17) is 0 Å². The van der Waals surface area contributed by atoms with Crippen molar-refractivity contribution in [3.63, 3.8) is 0 Å². The molecule has 2 heterocycles. The van der Waals surface area contributed by atoms with Gasteiger partial charge in [0.25, 0.3) is 5.91 Å². The maximum atomic E-state index is 12.2. The highest BCUT2D eigenvalue weighted by atomic mass is 79.9. The van der Waals surface area contributed by atoms with Crippen LogP contribution in [-0.2, 0) is 0 Å². The van der Waals surface area contributed by atoms with Crippen molar-refractivity contribution in [3.05, 3.63) is 46.2 Å². The zero-order valence-corrected chi connectivity index (χ0v) is 13.4. The number of nitrogens with one attached hydrogen (secondary N) is 2. The van der Waals surface area contributed by atoms with Crippen LogP contribution in [-0.4, -0.2) is 35.3 Å².